The Kier molecular flexibility index (Phi) is 4.37. The zero-order valence-corrected chi connectivity index (χ0v) is 11.1. The van der Waals surface area contributed by atoms with E-state index in [0.29, 0.717) is 25.4 Å². The minimum Gasteiger partial charge on any atom is -0.338 e. The molecule has 0 aliphatic carbocycles. The zero-order chi connectivity index (χ0) is 13.0. The monoisotopic (exact) mass is 246 g/mol. The minimum absolute atomic E-state index is 0.283. The van der Waals surface area contributed by atoms with Crippen LogP contribution in [-0.4, -0.2) is 17.4 Å². The van der Waals surface area contributed by atoms with Crippen LogP contribution in [0.5, 0.6) is 0 Å². The molecule has 2 N–H and O–H groups in total. The van der Waals surface area contributed by atoms with E-state index in [2.05, 4.69) is 13.0 Å². The first-order valence-electron chi connectivity index (χ1n) is 6.75. The SMILES string of the molecule is CC1CCC(=O)N(Cc2ccccc2CN)CC1. The Morgan fingerprint density at radius 3 is 2.72 bits per heavy atom. The van der Waals surface area contributed by atoms with Gasteiger partial charge in [-0.05, 0) is 29.9 Å². The lowest BCUT2D eigenvalue weighted by Crippen LogP contribution is -2.30. The van der Waals surface area contributed by atoms with Crippen LogP contribution in [0.15, 0.2) is 24.3 Å². The molecule has 0 saturated carbocycles. The van der Waals surface area contributed by atoms with Crippen LogP contribution in [0.1, 0.15) is 37.3 Å². The summed E-state index contributed by atoms with van der Waals surface area (Å²) < 4.78 is 0. The molecule has 1 fully saturated rings. The van der Waals surface area contributed by atoms with Crippen LogP contribution in [-0.2, 0) is 17.9 Å². The van der Waals surface area contributed by atoms with Gasteiger partial charge in [0.2, 0.25) is 5.91 Å². The highest BCUT2D eigenvalue weighted by atomic mass is 16.2. The van der Waals surface area contributed by atoms with Crippen LogP contribution >= 0.6 is 0 Å². The van der Waals surface area contributed by atoms with Crippen molar-refractivity contribution in [3.05, 3.63) is 35.4 Å². The summed E-state index contributed by atoms with van der Waals surface area (Å²) in [5.41, 5.74) is 8.06. The first-order valence-corrected chi connectivity index (χ1v) is 6.75. The van der Waals surface area contributed by atoms with E-state index < -0.39 is 0 Å². The maximum absolute atomic E-state index is 12.1. The second-order valence-electron chi connectivity index (χ2n) is 5.22. The van der Waals surface area contributed by atoms with Crippen molar-refractivity contribution in [3.63, 3.8) is 0 Å². The summed E-state index contributed by atoms with van der Waals surface area (Å²) in [5, 5.41) is 0. The van der Waals surface area contributed by atoms with Gasteiger partial charge in [-0.15, -0.1) is 0 Å². The van der Waals surface area contributed by atoms with E-state index in [1.807, 2.05) is 23.1 Å². The predicted octanol–water partition coefficient (Wildman–Crippen LogP) is 2.29. The summed E-state index contributed by atoms with van der Waals surface area (Å²) in [4.78, 5) is 14.0. The molecule has 98 valence electrons. The Bertz CT molecular complexity index is 417. The quantitative estimate of drug-likeness (QED) is 0.889. The van der Waals surface area contributed by atoms with Crippen molar-refractivity contribution >= 4 is 5.91 Å². The molecule has 1 aliphatic heterocycles. The van der Waals surface area contributed by atoms with Gasteiger partial charge < -0.3 is 10.6 Å². The fourth-order valence-electron chi connectivity index (χ4n) is 2.46. The summed E-state index contributed by atoms with van der Waals surface area (Å²) in [7, 11) is 0. The Hall–Kier alpha value is -1.35. The van der Waals surface area contributed by atoms with Crippen molar-refractivity contribution in [1.29, 1.82) is 0 Å². The van der Waals surface area contributed by atoms with Gasteiger partial charge in [-0.1, -0.05) is 31.2 Å². The summed E-state index contributed by atoms with van der Waals surface area (Å²) in [5.74, 6) is 0.940. The number of hydrogen-bond donors (Lipinski definition) is 1. The average molecular weight is 246 g/mol. The number of rotatable bonds is 3. The molecule has 0 bridgehead atoms. The molecular formula is C15H22N2O. The van der Waals surface area contributed by atoms with E-state index >= 15 is 0 Å². The van der Waals surface area contributed by atoms with Gasteiger partial charge in [-0.25, -0.2) is 0 Å². The lowest BCUT2D eigenvalue weighted by molar-refractivity contribution is -0.131. The Morgan fingerprint density at radius 2 is 2.00 bits per heavy atom. The van der Waals surface area contributed by atoms with Crippen molar-refractivity contribution in [2.75, 3.05) is 6.54 Å². The molecule has 0 aromatic heterocycles. The third-order valence-electron chi connectivity index (χ3n) is 3.80. The fourth-order valence-corrected chi connectivity index (χ4v) is 2.46. The van der Waals surface area contributed by atoms with E-state index in [-0.39, 0.29) is 5.91 Å². The molecule has 1 unspecified atom stereocenters. The fraction of sp³-hybridized carbons (Fsp3) is 0.533. The van der Waals surface area contributed by atoms with E-state index in [1.165, 1.54) is 5.56 Å². The average Bonchev–Trinajstić information content (AvgIpc) is 2.55. The standard InChI is InChI=1S/C15H22N2O/c1-12-6-7-15(18)17(9-8-12)11-14-5-3-2-4-13(14)10-16/h2-5,12H,6-11,16H2,1H3. The predicted molar refractivity (Wildman–Crippen MR) is 72.8 cm³/mol. The maximum atomic E-state index is 12.1. The van der Waals surface area contributed by atoms with Crippen LogP contribution in [0, 0.1) is 5.92 Å². The molecule has 1 heterocycles. The van der Waals surface area contributed by atoms with Crippen molar-refractivity contribution < 1.29 is 4.79 Å². The molecule has 0 radical (unpaired) electrons. The van der Waals surface area contributed by atoms with Crippen molar-refractivity contribution in [3.8, 4) is 0 Å². The normalized spacial score (nSPS) is 20.9. The summed E-state index contributed by atoms with van der Waals surface area (Å²) in [6.07, 6.45) is 2.82. The van der Waals surface area contributed by atoms with Crippen LogP contribution in [0.25, 0.3) is 0 Å². The molecule has 3 heteroatoms. The second kappa shape index (κ2) is 6.01. The van der Waals surface area contributed by atoms with E-state index in [9.17, 15) is 4.79 Å². The molecule has 0 spiro atoms. The van der Waals surface area contributed by atoms with E-state index in [0.717, 1.165) is 24.9 Å². The maximum Gasteiger partial charge on any atom is 0.222 e. The lowest BCUT2D eigenvalue weighted by atomic mass is 10.0. The lowest BCUT2D eigenvalue weighted by Gasteiger charge is -2.22. The van der Waals surface area contributed by atoms with Crippen LogP contribution in [0.4, 0.5) is 0 Å². The van der Waals surface area contributed by atoms with Gasteiger partial charge >= 0.3 is 0 Å². The van der Waals surface area contributed by atoms with Crippen molar-refractivity contribution in [2.45, 2.75) is 39.3 Å². The second-order valence-corrected chi connectivity index (χ2v) is 5.22. The number of amides is 1. The molecule has 1 atom stereocenters. The molecule has 2 rings (SSSR count). The highest BCUT2D eigenvalue weighted by molar-refractivity contribution is 5.76. The molecule has 1 aliphatic rings. The van der Waals surface area contributed by atoms with E-state index in [1.54, 1.807) is 0 Å². The summed E-state index contributed by atoms with van der Waals surface area (Å²) in [6, 6.07) is 8.13. The number of carbonyl (C=O) groups is 1. The molecule has 1 amide bonds. The first kappa shape index (κ1) is 13.1. The Balaban J connectivity index is 2.09. The van der Waals surface area contributed by atoms with Gasteiger partial charge in [0.05, 0.1) is 0 Å². The van der Waals surface area contributed by atoms with Gasteiger partial charge in [0.15, 0.2) is 0 Å². The molecule has 3 nitrogen and oxygen atoms in total. The van der Waals surface area contributed by atoms with Gasteiger partial charge in [0, 0.05) is 26.1 Å². The van der Waals surface area contributed by atoms with Crippen molar-refractivity contribution in [2.24, 2.45) is 11.7 Å². The van der Waals surface area contributed by atoms with E-state index in [4.69, 9.17) is 5.73 Å². The number of likely N-dealkylation sites (tertiary alicyclic amines) is 1. The summed E-state index contributed by atoms with van der Waals surface area (Å²) in [6.45, 7) is 4.34. The largest absolute Gasteiger partial charge is 0.338 e. The summed E-state index contributed by atoms with van der Waals surface area (Å²) >= 11 is 0. The van der Waals surface area contributed by atoms with Gasteiger partial charge in [0.25, 0.3) is 0 Å². The molecule has 1 aromatic carbocycles. The van der Waals surface area contributed by atoms with Gasteiger partial charge in [-0.3, -0.25) is 4.79 Å². The molecule has 1 aromatic rings. The Labute approximate surface area is 109 Å². The first-order chi connectivity index (χ1) is 8.70. The van der Waals surface area contributed by atoms with Gasteiger partial charge in [-0.2, -0.15) is 0 Å². The number of carbonyl (C=O) groups excluding carboxylic acids is 1. The Morgan fingerprint density at radius 1 is 1.28 bits per heavy atom. The number of nitrogens with zero attached hydrogens (tertiary/aromatic N) is 1. The topological polar surface area (TPSA) is 46.3 Å². The van der Waals surface area contributed by atoms with Crippen LogP contribution in [0.2, 0.25) is 0 Å². The molecule has 1 saturated heterocycles. The third kappa shape index (κ3) is 3.10. The highest BCUT2D eigenvalue weighted by Crippen LogP contribution is 2.20. The smallest absolute Gasteiger partial charge is 0.222 e. The van der Waals surface area contributed by atoms with Crippen LogP contribution < -0.4 is 5.73 Å². The highest BCUT2D eigenvalue weighted by Gasteiger charge is 2.20. The van der Waals surface area contributed by atoms with Crippen molar-refractivity contribution in [1.82, 2.24) is 4.90 Å². The van der Waals surface area contributed by atoms with Crippen LogP contribution in [0.3, 0.4) is 0 Å². The number of nitrogens with two attached hydrogens (primary N) is 1. The number of hydrogen-bond acceptors (Lipinski definition) is 2. The molecular weight excluding hydrogens is 224 g/mol. The van der Waals surface area contributed by atoms with Gasteiger partial charge in [0.1, 0.15) is 0 Å². The molecule has 18 heavy (non-hydrogen) atoms. The third-order valence-corrected chi connectivity index (χ3v) is 3.80. The minimum atomic E-state index is 0.283. The zero-order valence-electron chi connectivity index (χ0n) is 11.1. The number of benzene rings is 1.